The van der Waals surface area contributed by atoms with Gasteiger partial charge in [0.25, 0.3) is 11.2 Å². The quantitative estimate of drug-likeness (QED) is 0.692. The monoisotopic (exact) mass is 315 g/mol. The largest absolute Gasteiger partial charge is 0.324 e. The van der Waals surface area contributed by atoms with Crippen molar-refractivity contribution in [2.75, 3.05) is 5.32 Å². The zero-order valence-electron chi connectivity index (χ0n) is 13.1. The lowest BCUT2D eigenvalue weighted by Gasteiger charge is -2.11. The van der Waals surface area contributed by atoms with E-state index in [9.17, 15) is 19.7 Å². The number of aryl methyl sites for hydroxylation is 2. The van der Waals surface area contributed by atoms with Gasteiger partial charge in [0.1, 0.15) is 6.54 Å². The van der Waals surface area contributed by atoms with Crippen molar-refractivity contribution >= 4 is 17.3 Å². The number of anilines is 1. The second-order valence-corrected chi connectivity index (χ2v) is 5.37. The molecule has 0 fully saturated rings. The van der Waals surface area contributed by atoms with Gasteiger partial charge in [-0.3, -0.25) is 24.3 Å². The highest BCUT2D eigenvalue weighted by molar-refractivity contribution is 5.91. The van der Waals surface area contributed by atoms with Crippen LogP contribution in [0.2, 0.25) is 0 Å². The van der Waals surface area contributed by atoms with Crippen LogP contribution in [-0.2, 0) is 11.3 Å². The van der Waals surface area contributed by atoms with Crippen molar-refractivity contribution in [2.24, 2.45) is 0 Å². The fraction of sp³-hybridized carbons (Fsp3) is 0.250. The standard InChI is InChI=1S/C16H17N3O4/c1-10-5-4-6-14(12(10)3)17-15(20)9-18-8-13(19(22)23)7-11(2)16(18)21/h4-8H,9H2,1-3H3,(H,17,20). The van der Waals surface area contributed by atoms with Gasteiger partial charge in [0.05, 0.1) is 11.1 Å². The van der Waals surface area contributed by atoms with Gasteiger partial charge in [-0.15, -0.1) is 0 Å². The maximum absolute atomic E-state index is 12.1. The van der Waals surface area contributed by atoms with E-state index in [1.807, 2.05) is 26.0 Å². The number of rotatable bonds is 4. The Morgan fingerprint density at radius 2 is 1.96 bits per heavy atom. The highest BCUT2D eigenvalue weighted by Crippen LogP contribution is 2.18. The van der Waals surface area contributed by atoms with E-state index in [-0.39, 0.29) is 17.8 Å². The number of benzene rings is 1. The number of aromatic nitrogens is 1. The third-order valence-electron chi connectivity index (χ3n) is 3.65. The molecule has 0 saturated carbocycles. The third kappa shape index (κ3) is 3.63. The first-order chi connectivity index (χ1) is 10.8. The lowest BCUT2D eigenvalue weighted by Crippen LogP contribution is -2.29. The van der Waals surface area contributed by atoms with Crippen LogP contribution >= 0.6 is 0 Å². The Bertz CT molecular complexity index is 840. The minimum absolute atomic E-state index is 0.221. The molecule has 0 aliphatic heterocycles. The average Bonchev–Trinajstić information content (AvgIpc) is 2.48. The second-order valence-electron chi connectivity index (χ2n) is 5.37. The van der Waals surface area contributed by atoms with Crippen LogP contribution in [0.25, 0.3) is 0 Å². The molecular weight excluding hydrogens is 298 g/mol. The zero-order valence-corrected chi connectivity index (χ0v) is 13.1. The van der Waals surface area contributed by atoms with Crippen molar-refractivity contribution in [1.82, 2.24) is 4.57 Å². The summed E-state index contributed by atoms with van der Waals surface area (Å²) in [6.45, 7) is 5.01. The molecule has 0 unspecified atom stereocenters. The Morgan fingerprint density at radius 3 is 2.61 bits per heavy atom. The van der Waals surface area contributed by atoms with E-state index in [1.54, 1.807) is 6.07 Å². The molecular formula is C16H17N3O4. The molecule has 1 aromatic heterocycles. The van der Waals surface area contributed by atoms with E-state index in [0.29, 0.717) is 5.69 Å². The summed E-state index contributed by atoms with van der Waals surface area (Å²) in [5, 5.41) is 13.6. The predicted molar refractivity (Wildman–Crippen MR) is 86.6 cm³/mol. The van der Waals surface area contributed by atoms with E-state index in [4.69, 9.17) is 0 Å². The number of hydrogen-bond acceptors (Lipinski definition) is 4. The van der Waals surface area contributed by atoms with Gasteiger partial charge in [0, 0.05) is 17.3 Å². The summed E-state index contributed by atoms with van der Waals surface area (Å²) in [4.78, 5) is 34.4. The molecule has 1 amide bonds. The normalized spacial score (nSPS) is 10.4. The molecule has 1 N–H and O–H groups in total. The van der Waals surface area contributed by atoms with E-state index in [1.165, 1.54) is 13.0 Å². The lowest BCUT2D eigenvalue weighted by atomic mass is 10.1. The molecule has 0 radical (unpaired) electrons. The van der Waals surface area contributed by atoms with E-state index in [0.717, 1.165) is 21.9 Å². The maximum Gasteiger partial charge on any atom is 0.286 e. The number of hydrogen-bond donors (Lipinski definition) is 1. The van der Waals surface area contributed by atoms with Crippen LogP contribution in [0.4, 0.5) is 11.4 Å². The Hall–Kier alpha value is -2.96. The number of nitro groups is 1. The van der Waals surface area contributed by atoms with Crippen molar-refractivity contribution in [1.29, 1.82) is 0 Å². The van der Waals surface area contributed by atoms with Gasteiger partial charge in [0.15, 0.2) is 0 Å². The minimum atomic E-state index is -0.592. The lowest BCUT2D eigenvalue weighted by molar-refractivity contribution is -0.385. The van der Waals surface area contributed by atoms with Gasteiger partial charge in [0.2, 0.25) is 5.91 Å². The van der Waals surface area contributed by atoms with Gasteiger partial charge in [-0.1, -0.05) is 12.1 Å². The summed E-state index contributed by atoms with van der Waals surface area (Å²) in [6, 6.07) is 6.71. The zero-order chi connectivity index (χ0) is 17.1. The topological polar surface area (TPSA) is 94.2 Å². The number of carbonyl (C=O) groups excluding carboxylic acids is 1. The molecule has 1 heterocycles. The van der Waals surface area contributed by atoms with Gasteiger partial charge < -0.3 is 5.32 Å². The Labute approximate surface area is 132 Å². The average molecular weight is 315 g/mol. The summed E-state index contributed by atoms with van der Waals surface area (Å²) >= 11 is 0. The van der Waals surface area contributed by atoms with Crippen molar-refractivity contribution in [2.45, 2.75) is 27.3 Å². The molecule has 7 nitrogen and oxygen atoms in total. The van der Waals surface area contributed by atoms with Crippen LogP contribution in [0.3, 0.4) is 0 Å². The van der Waals surface area contributed by atoms with Crippen molar-refractivity contribution in [3.8, 4) is 0 Å². The van der Waals surface area contributed by atoms with Crippen molar-refractivity contribution < 1.29 is 9.72 Å². The first-order valence-corrected chi connectivity index (χ1v) is 7.01. The molecule has 0 bridgehead atoms. The van der Waals surface area contributed by atoms with E-state index < -0.39 is 16.4 Å². The first-order valence-electron chi connectivity index (χ1n) is 7.01. The molecule has 0 atom stereocenters. The van der Waals surface area contributed by atoms with Crippen LogP contribution in [-0.4, -0.2) is 15.4 Å². The number of pyridine rings is 1. The Balaban J connectivity index is 2.25. The molecule has 2 aromatic rings. The predicted octanol–water partition coefficient (Wildman–Crippen LogP) is 2.32. The van der Waals surface area contributed by atoms with Gasteiger partial charge in [-0.2, -0.15) is 0 Å². The molecule has 2 rings (SSSR count). The summed E-state index contributed by atoms with van der Waals surface area (Å²) in [5.41, 5.74) is 2.20. The molecule has 0 spiro atoms. The Kier molecular flexibility index (Phi) is 4.59. The molecule has 7 heteroatoms. The van der Waals surface area contributed by atoms with Crippen LogP contribution in [0.5, 0.6) is 0 Å². The van der Waals surface area contributed by atoms with Crippen LogP contribution in [0.15, 0.2) is 35.3 Å². The highest BCUT2D eigenvalue weighted by Gasteiger charge is 2.14. The summed E-state index contributed by atoms with van der Waals surface area (Å²) in [6.07, 6.45) is 1.08. The molecule has 0 aliphatic rings. The fourth-order valence-corrected chi connectivity index (χ4v) is 2.21. The molecule has 1 aromatic carbocycles. The smallest absolute Gasteiger partial charge is 0.286 e. The van der Waals surface area contributed by atoms with Crippen molar-refractivity contribution in [3.63, 3.8) is 0 Å². The second kappa shape index (κ2) is 6.43. The van der Waals surface area contributed by atoms with Crippen LogP contribution in [0, 0.1) is 30.9 Å². The van der Waals surface area contributed by atoms with Crippen LogP contribution in [0.1, 0.15) is 16.7 Å². The van der Waals surface area contributed by atoms with E-state index >= 15 is 0 Å². The van der Waals surface area contributed by atoms with Gasteiger partial charge in [-0.25, -0.2) is 0 Å². The summed E-state index contributed by atoms with van der Waals surface area (Å²) in [5.74, 6) is -0.416. The third-order valence-corrected chi connectivity index (χ3v) is 3.65. The number of amides is 1. The maximum atomic E-state index is 12.1. The summed E-state index contributed by atoms with van der Waals surface area (Å²) in [7, 11) is 0. The molecule has 0 saturated heterocycles. The molecule has 0 aliphatic carbocycles. The van der Waals surface area contributed by atoms with Crippen molar-refractivity contribution in [3.05, 3.63) is 67.6 Å². The number of nitrogens with zero attached hydrogens (tertiary/aromatic N) is 2. The van der Waals surface area contributed by atoms with Gasteiger partial charge in [-0.05, 0) is 38.0 Å². The Morgan fingerprint density at radius 1 is 1.26 bits per heavy atom. The van der Waals surface area contributed by atoms with E-state index in [2.05, 4.69) is 5.32 Å². The van der Waals surface area contributed by atoms with Gasteiger partial charge >= 0.3 is 0 Å². The van der Waals surface area contributed by atoms with Crippen LogP contribution < -0.4 is 10.9 Å². The minimum Gasteiger partial charge on any atom is -0.324 e. The fourth-order valence-electron chi connectivity index (χ4n) is 2.21. The first kappa shape index (κ1) is 16.4. The highest BCUT2D eigenvalue weighted by atomic mass is 16.6. The molecule has 120 valence electrons. The summed E-state index contributed by atoms with van der Waals surface area (Å²) < 4.78 is 1.05. The SMILES string of the molecule is Cc1cccc(NC(=O)Cn2cc([N+](=O)[O-])cc(C)c2=O)c1C. The molecule has 23 heavy (non-hydrogen) atoms. The number of carbonyl (C=O) groups is 1. The number of nitrogens with one attached hydrogen (secondary N) is 1.